The van der Waals surface area contributed by atoms with Gasteiger partial charge in [0.15, 0.2) is 0 Å². The number of esters is 2. The van der Waals surface area contributed by atoms with E-state index >= 15 is 0 Å². The van der Waals surface area contributed by atoms with Crippen molar-refractivity contribution in [1.29, 1.82) is 0 Å². The lowest BCUT2D eigenvalue weighted by Gasteiger charge is -2.27. The summed E-state index contributed by atoms with van der Waals surface area (Å²) in [5, 5.41) is 10.5. The highest BCUT2D eigenvalue weighted by Gasteiger charge is 2.31. The summed E-state index contributed by atoms with van der Waals surface area (Å²) >= 11 is 0. The maximum atomic E-state index is 13.1. The maximum absolute atomic E-state index is 13.1. The summed E-state index contributed by atoms with van der Waals surface area (Å²) in [7, 11) is 0. The van der Waals surface area contributed by atoms with E-state index in [1.165, 1.54) is 64.2 Å². The lowest BCUT2D eigenvalue weighted by Crippen LogP contribution is -2.31. The molecule has 0 aromatic rings. The zero-order valence-corrected chi connectivity index (χ0v) is 32.0. The van der Waals surface area contributed by atoms with Crippen LogP contribution in [0.25, 0.3) is 0 Å². The quantitative estimate of drug-likeness (QED) is 0.0564. The molecule has 0 aromatic heterocycles. The number of unbranched alkanes of at least 4 members (excludes halogenated alkanes) is 16. The Balaban J connectivity index is 4.07. The van der Waals surface area contributed by atoms with Crippen molar-refractivity contribution in [3.8, 4) is 0 Å². The molecular weight excluding hydrogens is 572 g/mol. The van der Waals surface area contributed by atoms with Crippen LogP contribution in [0.2, 0.25) is 0 Å². The largest absolute Gasteiger partial charge is 0.465 e. The van der Waals surface area contributed by atoms with E-state index in [0.29, 0.717) is 6.61 Å². The van der Waals surface area contributed by atoms with Crippen LogP contribution < -0.4 is 0 Å². The fraction of sp³-hybridized carbons (Fsp3) is 0.951. The SMILES string of the molecule is CCCCCCCCCOC(=O)C(C)(C)CCCCCC(O)CCCCCC(C)(C)C(=O)OC(CCCC)CCCCCCCC. The summed E-state index contributed by atoms with van der Waals surface area (Å²) in [6.07, 6.45) is 29.4. The third-order valence-electron chi connectivity index (χ3n) is 9.80. The summed E-state index contributed by atoms with van der Waals surface area (Å²) in [5.74, 6) is -0.108. The van der Waals surface area contributed by atoms with Gasteiger partial charge < -0.3 is 14.6 Å². The van der Waals surface area contributed by atoms with Gasteiger partial charge in [-0.05, 0) is 79.1 Å². The Hall–Kier alpha value is -1.10. The Morgan fingerprint density at radius 3 is 1.41 bits per heavy atom. The molecule has 0 aliphatic carbocycles. The van der Waals surface area contributed by atoms with Gasteiger partial charge >= 0.3 is 11.9 Å². The van der Waals surface area contributed by atoms with E-state index in [1.54, 1.807) is 0 Å². The number of carbonyl (C=O) groups excluding carboxylic acids is 2. The number of aliphatic hydroxyl groups excluding tert-OH is 1. The zero-order chi connectivity index (χ0) is 34.5. The fourth-order valence-electron chi connectivity index (χ4n) is 6.17. The van der Waals surface area contributed by atoms with Crippen LogP contribution in [0.1, 0.15) is 222 Å². The molecule has 0 saturated heterocycles. The van der Waals surface area contributed by atoms with Crippen LogP contribution >= 0.6 is 0 Å². The first-order valence-corrected chi connectivity index (χ1v) is 20.1. The van der Waals surface area contributed by atoms with Crippen LogP contribution in [-0.2, 0) is 19.1 Å². The summed E-state index contributed by atoms with van der Waals surface area (Å²) < 4.78 is 11.7. The molecule has 0 saturated carbocycles. The average Bonchev–Trinajstić information content (AvgIpc) is 3.01. The van der Waals surface area contributed by atoms with E-state index in [4.69, 9.17) is 9.47 Å². The molecule has 274 valence electrons. The minimum absolute atomic E-state index is 0.0378. The molecule has 5 nitrogen and oxygen atoms in total. The highest BCUT2D eigenvalue weighted by atomic mass is 16.5. The molecule has 0 aliphatic heterocycles. The average molecular weight is 653 g/mol. The third-order valence-corrected chi connectivity index (χ3v) is 9.80. The number of hydrogen-bond acceptors (Lipinski definition) is 5. The summed E-state index contributed by atoms with van der Waals surface area (Å²) in [4.78, 5) is 25.6. The van der Waals surface area contributed by atoms with Crippen molar-refractivity contribution in [2.45, 2.75) is 234 Å². The molecule has 1 N–H and O–H groups in total. The molecule has 0 aliphatic rings. The Kier molecular flexibility index (Phi) is 28.2. The highest BCUT2D eigenvalue weighted by molar-refractivity contribution is 5.76. The number of aliphatic hydroxyl groups is 1. The Morgan fingerprint density at radius 1 is 0.500 bits per heavy atom. The Labute approximate surface area is 287 Å². The van der Waals surface area contributed by atoms with Gasteiger partial charge in [0.1, 0.15) is 6.10 Å². The normalized spacial score (nSPS) is 13.5. The molecule has 0 fully saturated rings. The van der Waals surface area contributed by atoms with Crippen LogP contribution in [0, 0.1) is 10.8 Å². The monoisotopic (exact) mass is 653 g/mol. The molecule has 0 spiro atoms. The molecule has 2 atom stereocenters. The fourth-order valence-corrected chi connectivity index (χ4v) is 6.17. The maximum Gasteiger partial charge on any atom is 0.311 e. The van der Waals surface area contributed by atoms with Crippen LogP contribution in [-0.4, -0.2) is 35.9 Å². The Morgan fingerprint density at radius 2 is 0.891 bits per heavy atom. The molecule has 5 heteroatoms. The van der Waals surface area contributed by atoms with Gasteiger partial charge in [-0.3, -0.25) is 9.59 Å². The summed E-state index contributed by atoms with van der Waals surface area (Å²) in [6.45, 7) is 15.3. The third kappa shape index (κ3) is 25.0. The van der Waals surface area contributed by atoms with Gasteiger partial charge in [0.05, 0.1) is 23.5 Å². The van der Waals surface area contributed by atoms with Crippen molar-refractivity contribution in [2.75, 3.05) is 6.61 Å². The highest BCUT2D eigenvalue weighted by Crippen LogP contribution is 2.29. The van der Waals surface area contributed by atoms with Crippen molar-refractivity contribution in [2.24, 2.45) is 10.8 Å². The molecule has 0 rings (SSSR count). The molecule has 0 amide bonds. The minimum atomic E-state index is -0.460. The van der Waals surface area contributed by atoms with Crippen LogP contribution in [0.3, 0.4) is 0 Å². The Bertz CT molecular complexity index is 716. The van der Waals surface area contributed by atoms with Gasteiger partial charge in [0.25, 0.3) is 0 Å². The van der Waals surface area contributed by atoms with Crippen molar-refractivity contribution in [3.05, 3.63) is 0 Å². The molecule has 0 heterocycles. The van der Waals surface area contributed by atoms with E-state index in [9.17, 15) is 14.7 Å². The van der Waals surface area contributed by atoms with Gasteiger partial charge in [-0.2, -0.15) is 0 Å². The molecule has 2 unspecified atom stereocenters. The molecule has 46 heavy (non-hydrogen) atoms. The lowest BCUT2D eigenvalue weighted by atomic mass is 9.86. The summed E-state index contributed by atoms with van der Waals surface area (Å²) in [5.41, 5.74) is -0.900. The van der Waals surface area contributed by atoms with Crippen molar-refractivity contribution in [3.63, 3.8) is 0 Å². The molecular formula is C41H80O5. The smallest absolute Gasteiger partial charge is 0.311 e. The van der Waals surface area contributed by atoms with Gasteiger partial charge in [-0.15, -0.1) is 0 Å². The summed E-state index contributed by atoms with van der Waals surface area (Å²) in [6, 6.07) is 0. The minimum Gasteiger partial charge on any atom is -0.465 e. The second-order valence-corrected chi connectivity index (χ2v) is 15.6. The lowest BCUT2D eigenvalue weighted by molar-refractivity contribution is -0.161. The predicted molar refractivity (Wildman–Crippen MR) is 196 cm³/mol. The van der Waals surface area contributed by atoms with Crippen LogP contribution in [0.15, 0.2) is 0 Å². The molecule has 0 aromatic carbocycles. The molecule has 0 bridgehead atoms. The van der Waals surface area contributed by atoms with E-state index in [0.717, 1.165) is 109 Å². The van der Waals surface area contributed by atoms with E-state index in [2.05, 4.69) is 20.8 Å². The second kappa shape index (κ2) is 28.9. The van der Waals surface area contributed by atoms with Crippen molar-refractivity contribution < 1.29 is 24.2 Å². The first-order valence-electron chi connectivity index (χ1n) is 20.1. The van der Waals surface area contributed by atoms with Crippen molar-refractivity contribution in [1.82, 2.24) is 0 Å². The van der Waals surface area contributed by atoms with E-state index < -0.39 is 10.8 Å². The van der Waals surface area contributed by atoms with Gasteiger partial charge in [-0.1, -0.05) is 143 Å². The van der Waals surface area contributed by atoms with Crippen LogP contribution in [0.4, 0.5) is 0 Å². The number of carbonyl (C=O) groups is 2. The van der Waals surface area contributed by atoms with Gasteiger partial charge in [-0.25, -0.2) is 0 Å². The first-order chi connectivity index (χ1) is 22.0. The zero-order valence-electron chi connectivity index (χ0n) is 32.0. The molecule has 0 radical (unpaired) electrons. The van der Waals surface area contributed by atoms with Crippen LogP contribution in [0.5, 0.6) is 0 Å². The van der Waals surface area contributed by atoms with Crippen molar-refractivity contribution >= 4 is 11.9 Å². The number of rotatable bonds is 33. The first kappa shape index (κ1) is 44.9. The number of hydrogen-bond donors (Lipinski definition) is 1. The van der Waals surface area contributed by atoms with E-state index in [-0.39, 0.29) is 24.1 Å². The van der Waals surface area contributed by atoms with Gasteiger partial charge in [0, 0.05) is 0 Å². The standard InChI is InChI=1S/C41H80O5/c1-8-11-14-16-18-20-28-35-45-38(43)40(4,5)33-26-21-23-29-36(42)30-24-22-27-34-41(6,7)39(44)46-37(31-13-10-3)32-25-19-17-15-12-9-2/h36-37,42H,8-35H2,1-7H3. The van der Waals surface area contributed by atoms with E-state index in [1.807, 2.05) is 27.7 Å². The predicted octanol–water partition coefficient (Wildman–Crippen LogP) is 12.4. The topological polar surface area (TPSA) is 72.8 Å². The number of ether oxygens (including phenoxy) is 2. The van der Waals surface area contributed by atoms with Gasteiger partial charge in [0.2, 0.25) is 0 Å². The second-order valence-electron chi connectivity index (χ2n) is 15.6.